The monoisotopic (exact) mass is 607 g/mol. The van der Waals surface area contributed by atoms with Gasteiger partial charge in [-0.25, -0.2) is 0 Å². The largest absolute Gasteiger partial charge is 0.505 e. The van der Waals surface area contributed by atoms with Crippen molar-refractivity contribution in [3.63, 3.8) is 0 Å². The van der Waals surface area contributed by atoms with Gasteiger partial charge in [-0.15, -0.1) is 10.2 Å². The first kappa shape index (κ1) is 28.7. The Morgan fingerprint density at radius 2 is 1.25 bits per heavy atom. The number of fused-ring (bicyclic) bond motifs is 1. The third-order valence-electron chi connectivity index (χ3n) is 5.42. The maximum atomic E-state index is 12.8. The van der Waals surface area contributed by atoms with Crippen molar-refractivity contribution in [1.82, 2.24) is 0 Å². The number of carbonyl (C=O) groups is 1. The van der Waals surface area contributed by atoms with Crippen molar-refractivity contribution in [2.45, 2.75) is 14.7 Å². The quantitative estimate of drug-likeness (QED) is 0.149. The van der Waals surface area contributed by atoms with Crippen LogP contribution in [0.5, 0.6) is 5.75 Å². The second-order valence-corrected chi connectivity index (χ2v) is 12.2. The van der Waals surface area contributed by atoms with Crippen LogP contribution in [0.15, 0.2) is 97.7 Å². The molecule has 4 aromatic rings. The van der Waals surface area contributed by atoms with Crippen LogP contribution >= 0.6 is 0 Å². The fraction of sp³-hybridized carbons (Fsp3) is 0. The minimum absolute atomic E-state index is 0.158. The highest BCUT2D eigenvalue weighted by atomic mass is 32.2. The van der Waals surface area contributed by atoms with Crippen molar-refractivity contribution in [3.05, 3.63) is 78.4 Å². The highest BCUT2D eigenvalue weighted by molar-refractivity contribution is 7.86. The molecular formula is C23H17N3O11S3. The van der Waals surface area contributed by atoms with Crippen LogP contribution < -0.4 is 5.32 Å². The van der Waals surface area contributed by atoms with E-state index in [1.807, 2.05) is 0 Å². The van der Waals surface area contributed by atoms with Crippen LogP contribution in [-0.4, -0.2) is 49.9 Å². The number of benzene rings is 4. The number of anilines is 1. The van der Waals surface area contributed by atoms with Gasteiger partial charge in [0.25, 0.3) is 36.3 Å². The molecule has 0 bridgehead atoms. The molecule has 4 rings (SSSR count). The average Bonchev–Trinajstić information content (AvgIpc) is 2.86. The van der Waals surface area contributed by atoms with Gasteiger partial charge in [0, 0.05) is 10.9 Å². The minimum Gasteiger partial charge on any atom is -0.505 e. The van der Waals surface area contributed by atoms with E-state index >= 15 is 0 Å². The zero-order chi connectivity index (χ0) is 29.5. The Hall–Kier alpha value is -4.26. The Kier molecular flexibility index (Phi) is 7.45. The summed E-state index contributed by atoms with van der Waals surface area (Å²) in [5.74, 6) is -1.84. The lowest BCUT2D eigenvalue weighted by atomic mass is 10.1. The van der Waals surface area contributed by atoms with Gasteiger partial charge in [-0.3, -0.25) is 18.5 Å². The smallest absolute Gasteiger partial charge is 0.296 e. The SMILES string of the molecule is O=C(Nc1ccc(S(=O)(=O)O)c2cc(S(=O)(=O)O)c(N=Nc3ccccc3S(=O)(=O)O)c(O)c12)c1ccccc1. The molecule has 0 spiro atoms. The summed E-state index contributed by atoms with van der Waals surface area (Å²) >= 11 is 0. The number of hydrogen-bond donors (Lipinski definition) is 5. The molecule has 40 heavy (non-hydrogen) atoms. The number of phenols is 1. The van der Waals surface area contributed by atoms with Gasteiger partial charge in [-0.05, 0) is 42.5 Å². The first-order valence-corrected chi connectivity index (χ1v) is 15.0. The average molecular weight is 608 g/mol. The van der Waals surface area contributed by atoms with Crippen LogP contribution in [0.1, 0.15) is 10.4 Å². The van der Waals surface area contributed by atoms with E-state index in [1.54, 1.807) is 18.2 Å². The van der Waals surface area contributed by atoms with Crippen molar-refractivity contribution >= 4 is 64.1 Å². The normalized spacial score (nSPS) is 12.6. The zero-order valence-electron chi connectivity index (χ0n) is 19.7. The van der Waals surface area contributed by atoms with E-state index in [1.165, 1.54) is 24.3 Å². The molecule has 17 heteroatoms. The fourth-order valence-electron chi connectivity index (χ4n) is 3.70. The topological polar surface area (TPSA) is 237 Å². The van der Waals surface area contributed by atoms with E-state index in [2.05, 4.69) is 15.5 Å². The molecule has 0 aromatic heterocycles. The van der Waals surface area contributed by atoms with Gasteiger partial charge >= 0.3 is 0 Å². The Morgan fingerprint density at radius 3 is 1.85 bits per heavy atom. The van der Waals surface area contributed by atoms with Gasteiger partial charge in [-0.2, -0.15) is 25.3 Å². The lowest BCUT2D eigenvalue weighted by Gasteiger charge is -2.15. The summed E-state index contributed by atoms with van der Waals surface area (Å²) in [6.45, 7) is 0. The van der Waals surface area contributed by atoms with Crippen molar-refractivity contribution < 1.29 is 48.8 Å². The molecule has 0 aliphatic heterocycles. The van der Waals surface area contributed by atoms with Crippen LogP contribution in [0.25, 0.3) is 10.8 Å². The molecule has 0 heterocycles. The highest BCUT2D eigenvalue weighted by Gasteiger charge is 2.28. The third-order valence-corrected chi connectivity index (χ3v) is 8.10. The molecule has 0 aliphatic rings. The molecule has 14 nitrogen and oxygen atoms in total. The number of rotatable bonds is 7. The van der Waals surface area contributed by atoms with Crippen molar-refractivity contribution in [3.8, 4) is 5.75 Å². The first-order valence-electron chi connectivity index (χ1n) is 10.7. The third kappa shape index (κ3) is 5.83. The van der Waals surface area contributed by atoms with E-state index in [-0.39, 0.29) is 11.3 Å². The second kappa shape index (κ2) is 10.4. The Bertz CT molecular complexity index is 2030. The van der Waals surface area contributed by atoms with Gasteiger partial charge < -0.3 is 10.4 Å². The van der Waals surface area contributed by atoms with Crippen LogP contribution in [0.3, 0.4) is 0 Å². The van der Waals surface area contributed by atoms with Gasteiger partial charge in [0.2, 0.25) is 0 Å². The number of nitrogens with one attached hydrogen (secondary N) is 1. The summed E-state index contributed by atoms with van der Waals surface area (Å²) in [5, 5.41) is 19.6. The molecule has 5 N–H and O–H groups in total. The van der Waals surface area contributed by atoms with E-state index in [0.717, 1.165) is 24.3 Å². The van der Waals surface area contributed by atoms with Crippen molar-refractivity contribution in [2.24, 2.45) is 10.2 Å². The van der Waals surface area contributed by atoms with Crippen LogP contribution in [0.4, 0.5) is 17.1 Å². The summed E-state index contributed by atoms with van der Waals surface area (Å²) in [5.41, 5.74) is -1.58. The molecule has 0 aliphatic carbocycles. The number of nitrogens with zero attached hydrogens (tertiary/aromatic N) is 2. The molecule has 0 radical (unpaired) electrons. The highest BCUT2D eigenvalue weighted by Crippen LogP contribution is 2.46. The van der Waals surface area contributed by atoms with Gasteiger partial charge in [-0.1, -0.05) is 30.3 Å². The lowest BCUT2D eigenvalue weighted by molar-refractivity contribution is 0.102. The Balaban J connectivity index is 2.05. The Morgan fingerprint density at radius 1 is 0.675 bits per heavy atom. The minimum atomic E-state index is -5.28. The van der Waals surface area contributed by atoms with E-state index in [0.29, 0.717) is 6.07 Å². The van der Waals surface area contributed by atoms with Crippen molar-refractivity contribution in [1.29, 1.82) is 0 Å². The second-order valence-electron chi connectivity index (χ2n) is 8.02. The molecule has 0 saturated heterocycles. The predicted octanol–water partition coefficient (Wildman–Crippen LogP) is 3.95. The number of azo groups is 1. The number of phenolic OH excluding ortho intramolecular Hbond substituents is 1. The van der Waals surface area contributed by atoms with Crippen molar-refractivity contribution in [2.75, 3.05) is 5.32 Å². The fourth-order valence-corrected chi connectivity index (χ4v) is 5.65. The first-order chi connectivity index (χ1) is 18.6. The molecule has 0 fully saturated rings. The zero-order valence-corrected chi connectivity index (χ0v) is 22.1. The van der Waals surface area contributed by atoms with Gasteiger partial charge in [0.1, 0.15) is 26.1 Å². The van der Waals surface area contributed by atoms with E-state index in [9.17, 15) is 48.8 Å². The molecule has 1 amide bonds. The van der Waals surface area contributed by atoms with E-state index < -0.39 is 78.8 Å². The van der Waals surface area contributed by atoms with Gasteiger partial charge in [0.05, 0.1) is 11.1 Å². The van der Waals surface area contributed by atoms with E-state index in [4.69, 9.17) is 0 Å². The lowest BCUT2D eigenvalue weighted by Crippen LogP contribution is -2.13. The van der Waals surface area contributed by atoms with Crippen LogP contribution in [0, 0.1) is 0 Å². The van der Waals surface area contributed by atoms with Crippen LogP contribution in [0.2, 0.25) is 0 Å². The summed E-state index contributed by atoms with van der Waals surface area (Å²) < 4.78 is 101. The maximum Gasteiger partial charge on any atom is 0.296 e. The summed E-state index contributed by atoms with van der Waals surface area (Å²) in [4.78, 5) is 9.99. The maximum absolute atomic E-state index is 12.8. The number of amides is 1. The van der Waals surface area contributed by atoms with Crippen LogP contribution in [-0.2, 0) is 30.4 Å². The number of carbonyl (C=O) groups excluding carboxylic acids is 1. The molecule has 0 atom stereocenters. The molecule has 208 valence electrons. The summed E-state index contributed by atoms with van der Waals surface area (Å²) in [6.07, 6.45) is 0. The summed E-state index contributed by atoms with van der Waals surface area (Å²) in [7, 11) is -15.1. The molecule has 4 aromatic carbocycles. The number of hydrogen-bond acceptors (Lipinski definition) is 10. The predicted molar refractivity (Wildman–Crippen MR) is 140 cm³/mol. The standard InChI is InChI=1S/C23H17N3O11S3/c27-22-20-14(17(38(29,30)31)11-10-16(20)24-23(28)13-6-2-1-3-7-13)12-19(40(35,36)37)21(22)26-25-15-8-4-5-9-18(15)39(32,33)34/h1-12,27H,(H,24,28)(H,29,30,31)(H,32,33,34)(H,35,36,37). The molecular weight excluding hydrogens is 590 g/mol. The summed E-state index contributed by atoms with van der Waals surface area (Å²) in [6, 6.07) is 14.7. The number of aromatic hydroxyl groups is 1. The van der Waals surface area contributed by atoms with Gasteiger partial charge in [0.15, 0.2) is 5.75 Å². The molecule has 0 unspecified atom stereocenters. The Labute approximate surface area is 226 Å². The molecule has 0 saturated carbocycles.